The Kier molecular flexibility index (Phi) is 8.52. The van der Waals surface area contributed by atoms with Crippen LogP contribution in [0.1, 0.15) is 21.5 Å². The Morgan fingerprint density at radius 2 is 1.64 bits per heavy atom. The Morgan fingerprint density at radius 1 is 0.909 bits per heavy atom. The van der Waals surface area contributed by atoms with Gasteiger partial charge in [-0.15, -0.1) is 0 Å². The molecule has 9 heteroatoms. The number of carbonyl (C=O) groups excluding carboxylic acids is 3. The van der Waals surface area contributed by atoms with E-state index in [-0.39, 0.29) is 29.4 Å². The molecule has 0 aliphatic heterocycles. The Bertz CT molecular complexity index is 1190. The van der Waals surface area contributed by atoms with Crippen LogP contribution in [0.4, 0.5) is 11.4 Å². The van der Waals surface area contributed by atoms with E-state index in [1.54, 1.807) is 60.7 Å². The van der Waals surface area contributed by atoms with Gasteiger partial charge in [-0.05, 0) is 35.9 Å². The van der Waals surface area contributed by atoms with Gasteiger partial charge in [0, 0.05) is 22.6 Å². The molecule has 0 aliphatic rings. The van der Waals surface area contributed by atoms with E-state index in [0.717, 1.165) is 0 Å². The van der Waals surface area contributed by atoms with E-state index >= 15 is 0 Å². The molecule has 2 amide bonds. The molecule has 0 bridgehead atoms. The number of benzene rings is 3. The van der Waals surface area contributed by atoms with Gasteiger partial charge in [0.15, 0.2) is 5.78 Å². The van der Waals surface area contributed by atoms with E-state index < -0.39 is 11.9 Å². The molecule has 4 N–H and O–H groups in total. The molecule has 170 valence electrons. The van der Waals surface area contributed by atoms with Gasteiger partial charge >= 0.3 is 0 Å². The third kappa shape index (κ3) is 6.58. The number of hydrogen-bond donors (Lipinski definition) is 4. The van der Waals surface area contributed by atoms with E-state index in [0.29, 0.717) is 32.5 Å². The summed E-state index contributed by atoms with van der Waals surface area (Å²) in [6.45, 7) is 0. The van der Waals surface area contributed by atoms with Crippen LogP contribution in [-0.2, 0) is 16.0 Å². The summed E-state index contributed by atoms with van der Waals surface area (Å²) in [6.07, 6.45) is 0.0329. The summed E-state index contributed by atoms with van der Waals surface area (Å²) in [4.78, 5) is 38.0. The smallest absolute Gasteiger partial charge is 0.242 e. The lowest BCUT2D eigenvalue weighted by atomic mass is 10.0. The number of hydrogen-bond acceptors (Lipinski definition) is 5. The fourth-order valence-electron chi connectivity index (χ4n) is 3.01. The highest BCUT2D eigenvalue weighted by atomic mass is 35.5. The molecule has 3 rings (SSSR count). The van der Waals surface area contributed by atoms with Gasteiger partial charge in [-0.3, -0.25) is 14.4 Å². The summed E-state index contributed by atoms with van der Waals surface area (Å²) >= 11 is 16.0. The van der Waals surface area contributed by atoms with Gasteiger partial charge in [0.1, 0.15) is 0 Å². The molecule has 6 nitrogen and oxygen atoms in total. The van der Waals surface area contributed by atoms with Crippen LogP contribution in [0.15, 0.2) is 66.7 Å². The van der Waals surface area contributed by atoms with Crippen LogP contribution in [0.25, 0.3) is 0 Å². The highest BCUT2D eigenvalue weighted by molar-refractivity contribution is 7.80. The SMILES string of the molecule is N[C@@H](CS)C(=O)Nc1ccc(NC(=O)Cc2ccc(Cl)c(Cl)c2)c(C(=O)c2ccccc2)c1. The quantitative estimate of drug-likeness (QED) is 0.267. The van der Waals surface area contributed by atoms with Gasteiger partial charge in [0.25, 0.3) is 0 Å². The molecular formula is C24H21Cl2N3O3S. The molecule has 3 aromatic carbocycles. The minimum atomic E-state index is -0.799. The zero-order chi connectivity index (χ0) is 24.0. The molecule has 0 radical (unpaired) electrons. The topological polar surface area (TPSA) is 101 Å². The number of anilines is 2. The van der Waals surface area contributed by atoms with Crippen molar-refractivity contribution in [2.24, 2.45) is 5.73 Å². The lowest BCUT2D eigenvalue weighted by Crippen LogP contribution is -2.37. The van der Waals surface area contributed by atoms with Crippen molar-refractivity contribution in [1.29, 1.82) is 0 Å². The predicted octanol–water partition coefficient (Wildman–Crippen LogP) is 4.60. The Morgan fingerprint density at radius 3 is 2.30 bits per heavy atom. The average molecular weight is 502 g/mol. The van der Waals surface area contributed by atoms with Crippen molar-refractivity contribution in [2.45, 2.75) is 12.5 Å². The second kappa shape index (κ2) is 11.3. The van der Waals surface area contributed by atoms with E-state index in [9.17, 15) is 14.4 Å². The van der Waals surface area contributed by atoms with Crippen LogP contribution < -0.4 is 16.4 Å². The minimum Gasteiger partial charge on any atom is -0.325 e. The van der Waals surface area contributed by atoms with Crippen LogP contribution in [0.2, 0.25) is 10.0 Å². The predicted molar refractivity (Wildman–Crippen MR) is 136 cm³/mol. The second-order valence-corrected chi connectivity index (χ2v) is 8.39. The van der Waals surface area contributed by atoms with E-state index in [4.69, 9.17) is 28.9 Å². The van der Waals surface area contributed by atoms with Crippen LogP contribution >= 0.6 is 35.8 Å². The fourth-order valence-corrected chi connectivity index (χ4v) is 3.50. The van der Waals surface area contributed by atoms with Crippen LogP contribution in [-0.4, -0.2) is 29.4 Å². The molecule has 0 spiro atoms. The number of amides is 2. The molecule has 0 saturated heterocycles. The summed E-state index contributed by atoms with van der Waals surface area (Å²) < 4.78 is 0. The Labute approximate surface area is 206 Å². The average Bonchev–Trinajstić information content (AvgIpc) is 2.81. The molecule has 0 aromatic heterocycles. The normalized spacial score (nSPS) is 11.5. The first kappa shape index (κ1) is 24.8. The lowest BCUT2D eigenvalue weighted by Gasteiger charge is -2.15. The monoisotopic (exact) mass is 501 g/mol. The maximum absolute atomic E-state index is 13.2. The van der Waals surface area contributed by atoms with Gasteiger partial charge in [-0.1, -0.05) is 59.6 Å². The molecule has 0 saturated carbocycles. The molecule has 3 aromatic rings. The number of thiol groups is 1. The van der Waals surface area contributed by atoms with Crippen molar-refractivity contribution in [2.75, 3.05) is 16.4 Å². The zero-order valence-corrected chi connectivity index (χ0v) is 19.8. The van der Waals surface area contributed by atoms with Crippen LogP contribution in [0, 0.1) is 0 Å². The molecule has 0 heterocycles. The van der Waals surface area contributed by atoms with Crippen molar-refractivity contribution in [3.8, 4) is 0 Å². The molecule has 33 heavy (non-hydrogen) atoms. The van der Waals surface area contributed by atoms with Crippen LogP contribution in [0.5, 0.6) is 0 Å². The Balaban J connectivity index is 1.88. The van der Waals surface area contributed by atoms with Gasteiger partial charge in [0.05, 0.1) is 28.2 Å². The van der Waals surface area contributed by atoms with Crippen LogP contribution in [0.3, 0.4) is 0 Å². The zero-order valence-electron chi connectivity index (χ0n) is 17.3. The maximum Gasteiger partial charge on any atom is 0.242 e. The second-order valence-electron chi connectivity index (χ2n) is 7.21. The van der Waals surface area contributed by atoms with E-state index in [2.05, 4.69) is 23.3 Å². The van der Waals surface area contributed by atoms with Crippen molar-refractivity contribution >= 4 is 64.8 Å². The van der Waals surface area contributed by atoms with Gasteiger partial charge < -0.3 is 16.4 Å². The largest absolute Gasteiger partial charge is 0.325 e. The minimum absolute atomic E-state index is 0.0329. The maximum atomic E-state index is 13.2. The summed E-state index contributed by atoms with van der Waals surface area (Å²) in [6, 6.07) is 17.4. The molecular weight excluding hydrogens is 481 g/mol. The fraction of sp³-hybridized carbons (Fsp3) is 0.125. The molecule has 0 fully saturated rings. The van der Waals surface area contributed by atoms with Crippen molar-refractivity contribution in [3.05, 3.63) is 93.5 Å². The first-order valence-corrected chi connectivity index (χ1v) is 11.3. The van der Waals surface area contributed by atoms with Gasteiger partial charge in [-0.2, -0.15) is 12.6 Å². The number of halogens is 2. The highest BCUT2D eigenvalue weighted by Crippen LogP contribution is 2.26. The van der Waals surface area contributed by atoms with Crippen molar-refractivity contribution < 1.29 is 14.4 Å². The summed E-state index contributed by atoms with van der Waals surface area (Å²) in [5.74, 6) is -0.913. The van der Waals surface area contributed by atoms with Gasteiger partial charge in [-0.25, -0.2) is 0 Å². The first-order chi connectivity index (χ1) is 15.8. The molecule has 0 aliphatic carbocycles. The van der Waals surface area contributed by atoms with Crippen molar-refractivity contribution in [3.63, 3.8) is 0 Å². The van der Waals surface area contributed by atoms with E-state index in [1.165, 1.54) is 6.07 Å². The van der Waals surface area contributed by atoms with Crippen molar-refractivity contribution in [1.82, 2.24) is 0 Å². The highest BCUT2D eigenvalue weighted by Gasteiger charge is 2.18. The summed E-state index contributed by atoms with van der Waals surface area (Å²) in [7, 11) is 0. The number of carbonyl (C=O) groups is 3. The number of ketones is 1. The Hall–Kier alpha value is -2.84. The lowest BCUT2D eigenvalue weighted by molar-refractivity contribution is -0.117. The number of nitrogens with two attached hydrogens (primary N) is 1. The third-order valence-electron chi connectivity index (χ3n) is 4.72. The standard InChI is InChI=1S/C24H21Cl2N3O3S/c25-18-8-6-14(10-19(18)26)11-22(30)29-21-9-7-16(28-24(32)20(27)13-33)12-17(21)23(31)15-4-2-1-3-5-15/h1-10,12,20,33H,11,13,27H2,(H,28,32)(H,29,30)/t20-/m0/s1. The summed E-state index contributed by atoms with van der Waals surface area (Å²) in [5.41, 5.74) is 7.73. The summed E-state index contributed by atoms with van der Waals surface area (Å²) in [5, 5.41) is 6.18. The van der Waals surface area contributed by atoms with E-state index in [1.807, 2.05) is 0 Å². The third-order valence-corrected chi connectivity index (χ3v) is 5.86. The molecule has 1 atom stereocenters. The first-order valence-electron chi connectivity index (χ1n) is 9.93. The van der Waals surface area contributed by atoms with Gasteiger partial charge in [0.2, 0.25) is 11.8 Å². The number of nitrogens with one attached hydrogen (secondary N) is 2. The molecule has 0 unspecified atom stereocenters. The number of rotatable bonds is 8.